The lowest BCUT2D eigenvalue weighted by Crippen LogP contribution is -2.43. The SMILES string of the molecule is CCN(C(=O)OC(C)(C)C)C(=O)C(=O)O. The van der Waals surface area contributed by atoms with E-state index in [0.29, 0.717) is 4.90 Å². The van der Waals surface area contributed by atoms with Crippen LogP contribution in [0.3, 0.4) is 0 Å². The highest BCUT2D eigenvalue weighted by molar-refractivity contribution is 6.34. The van der Waals surface area contributed by atoms with Crippen molar-refractivity contribution in [3.05, 3.63) is 0 Å². The van der Waals surface area contributed by atoms with Gasteiger partial charge in [-0.15, -0.1) is 0 Å². The molecule has 0 aromatic heterocycles. The molecule has 0 aliphatic rings. The molecule has 0 aliphatic carbocycles. The van der Waals surface area contributed by atoms with Crippen molar-refractivity contribution in [2.45, 2.75) is 33.3 Å². The maximum absolute atomic E-state index is 11.4. The number of hydrogen-bond acceptors (Lipinski definition) is 4. The summed E-state index contributed by atoms with van der Waals surface area (Å²) in [6.07, 6.45) is -0.947. The van der Waals surface area contributed by atoms with E-state index in [9.17, 15) is 14.4 Å². The van der Waals surface area contributed by atoms with Gasteiger partial charge in [-0.1, -0.05) is 0 Å². The van der Waals surface area contributed by atoms with Crippen LogP contribution in [0.1, 0.15) is 27.7 Å². The number of hydrogen-bond donors (Lipinski definition) is 1. The van der Waals surface area contributed by atoms with Crippen LogP contribution in [-0.2, 0) is 14.3 Å². The molecule has 0 rings (SSSR count). The van der Waals surface area contributed by atoms with Crippen molar-refractivity contribution in [3.63, 3.8) is 0 Å². The van der Waals surface area contributed by atoms with Crippen LogP contribution in [0.5, 0.6) is 0 Å². The Labute approximate surface area is 87.8 Å². The summed E-state index contributed by atoms with van der Waals surface area (Å²) in [5.41, 5.74) is -0.761. The van der Waals surface area contributed by atoms with Crippen molar-refractivity contribution in [2.75, 3.05) is 6.54 Å². The molecule has 1 N–H and O–H groups in total. The zero-order valence-corrected chi connectivity index (χ0v) is 9.23. The van der Waals surface area contributed by atoms with E-state index in [-0.39, 0.29) is 6.54 Å². The molecule has 0 heterocycles. The fourth-order valence-corrected chi connectivity index (χ4v) is 0.788. The topological polar surface area (TPSA) is 83.9 Å². The first-order valence-corrected chi connectivity index (χ1v) is 4.46. The molecule has 0 aromatic carbocycles. The van der Waals surface area contributed by atoms with Gasteiger partial charge in [0.05, 0.1) is 0 Å². The monoisotopic (exact) mass is 217 g/mol. The standard InChI is InChI=1S/C9H15NO5/c1-5-10(6(11)7(12)13)8(14)15-9(2,3)4/h5H2,1-4H3,(H,12,13). The number of amides is 2. The van der Waals surface area contributed by atoms with Crippen LogP contribution in [0.15, 0.2) is 0 Å². The molecule has 0 aromatic rings. The maximum Gasteiger partial charge on any atom is 0.417 e. The number of carboxylic acid groups (broad SMARTS) is 1. The summed E-state index contributed by atoms with van der Waals surface area (Å²) in [4.78, 5) is 33.3. The number of rotatable bonds is 1. The molecule has 0 atom stereocenters. The molecular weight excluding hydrogens is 202 g/mol. The zero-order chi connectivity index (χ0) is 12.2. The number of carbonyl (C=O) groups excluding carboxylic acids is 2. The highest BCUT2D eigenvalue weighted by Gasteiger charge is 2.29. The fraction of sp³-hybridized carbons (Fsp3) is 0.667. The number of imide groups is 1. The first-order chi connectivity index (χ1) is 6.69. The van der Waals surface area contributed by atoms with Crippen LogP contribution in [0.4, 0.5) is 4.79 Å². The van der Waals surface area contributed by atoms with Gasteiger partial charge in [0, 0.05) is 6.54 Å². The molecule has 86 valence electrons. The van der Waals surface area contributed by atoms with E-state index in [4.69, 9.17) is 9.84 Å². The van der Waals surface area contributed by atoms with Crippen molar-refractivity contribution in [3.8, 4) is 0 Å². The number of likely N-dealkylation sites (N-methyl/N-ethyl adjacent to an activating group) is 1. The number of aliphatic carboxylic acids is 1. The summed E-state index contributed by atoms with van der Waals surface area (Å²) in [6.45, 7) is 6.34. The van der Waals surface area contributed by atoms with Gasteiger partial charge >= 0.3 is 18.0 Å². The lowest BCUT2D eigenvalue weighted by molar-refractivity contribution is -0.155. The number of carboxylic acids is 1. The van der Waals surface area contributed by atoms with Crippen LogP contribution >= 0.6 is 0 Å². The van der Waals surface area contributed by atoms with Gasteiger partial charge in [-0.05, 0) is 27.7 Å². The first kappa shape index (κ1) is 13.4. The number of nitrogens with zero attached hydrogens (tertiary/aromatic N) is 1. The van der Waals surface area contributed by atoms with Crippen molar-refractivity contribution in [1.29, 1.82) is 0 Å². The molecule has 0 spiro atoms. The summed E-state index contributed by atoms with van der Waals surface area (Å²) in [5.74, 6) is -2.96. The molecule has 0 aliphatic heterocycles. The average Bonchev–Trinajstić information content (AvgIpc) is 2.01. The van der Waals surface area contributed by atoms with Crippen LogP contribution < -0.4 is 0 Å². The quantitative estimate of drug-likeness (QED) is 0.658. The minimum absolute atomic E-state index is 0.0416. The van der Waals surface area contributed by atoms with E-state index >= 15 is 0 Å². The van der Waals surface area contributed by atoms with Crippen LogP contribution in [-0.4, -0.2) is 40.1 Å². The number of ether oxygens (including phenoxy) is 1. The summed E-state index contributed by atoms with van der Waals surface area (Å²) in [7, 11) is 0. The Morgan fingerprint density at radius 3 is 2.00 bits per heavy atom. The normalized spacial score (nSPS) is 10.7. The Morgan fingerprint density at radius 2 is 1.73 bits per heavy atom. The molecule has 0 bridgehead atoms. The number of carbonyl (C=O) groups is 3. The van der Waals surface area contributed by atoms with Crippen molar-refractivity contribution in [2.24, 2.45) is 0 Å². The van der Waals surface area contributed by atoms with Gasteiger partial charge in [-0.25, -0.2) is 14.5 Å². The fourth-order valence-electron chi connectivity index (χ4n) is 0.788. The Balaban J connectivity index is 4.63. The highest BCUT2D eigenvalue weighted by atomic mass is 16.6. The predicted molar refractivity (Wildman–Crippen MR) is 51.3 cm³/mol. The molecule has 0 radical (unpaired) electrons. The van der Waals surface area contributed by atoms with Gasteiger partial charge in [-0.2, -0.15) is 0 Å². The zero-order valence-electron chi connectivity index (χ0n) is 9.23. The molecule has 0 saturated heterocycles. The Kier molecular flexibility index (Phi) is 4.26. The van der Waals surface area contributed by atoms with Crippen molar-refractivity contribution >= 4 is 18.0 Å². The van der Waals surface area contributed by atoms with E-state index in [1.54, 1.807) is 20.8 Å². The maximum atomic E-state index is 11.4. The third kappa shape index (κ3) is 4.44. The van der Waals surface area contributed by atoms with Crippen LogP contribution in [0, 0.1) is 0 Å². The first-order valence-electron chi connectivity index (χ1n) is 4.46. The van der Waals surface area contributed by atoms with Gasteiger partial charge < -0.3 is 9.84 Å². The molecule has 6 heteroatoms. The second-order valence-corrected chi connectivity index (χ2v) is 3.83. The molecule has 0 unspecified atom stereocenters. The van der Waals surface area contributed by atoms with Crippen LogP contribution in [0.2, 0.25) is 0 Å². The molecule has 6 nitrogen and oxygen atoms in total. The summed E-state index contributed by atoms with van der Waals surface area (Å²) < 4.78 is 4.86. The average molecular weight is 217 g/mol. The predicted octanol–water partition coefficient (Wildman–Crippen LogP) is 0.855. The van der Waals surface area contributed by atoms with Gasteiger partial charge in [-0.3, -0.25) is 4.79 Å². The second-order valence-electron chi connectivity index (χ2n) is 3.83. The molecule has 0 fully saturated rings. The lowest BCUT2D eigenvalue weighted by Gasteiger charge is -2.24. The van der Waals surface area contributed by atoms with E-state index in [1.165, 1.54) is 6.92 Å². The van der Waals surface area contributed by atoms with Gasteiger partial charge in [0.1, 0.15) is 5.60 Å². The van der Waals surface area contributed by atoms with Crippen molar-refractivity contribution < 1.29 is 24.2 Å². The summed E-state index contributed by atoms with van der Waals surface area (Å²) in [6, 6.07) is 0. The third-order valence-electron chi connectivity index (χ3n) is 1.36. The minimum atomic E-state index is -1.68. The Hall–Kier alpha value is -1.59. The molecule has 2 amide bonds. The largest absolute Gasteiger partial charge is 0.474 e. The van der Waals surface area contributed by atoms with Crippen LogP contribution in [0.25, 0.3) is 0 Å². The van der Waals surface area contributed by atoms with Gasteiger partial charge in [0.15, 0.2) is 0 Å². The molecule has 0 saturated carbocycles. The summed E-state index contributed by atoms with van der Waals surface area (Å²) in [5, 5.41) is 8.43. The molecule has 15 heavy (non-hydrogen) atoms. The Morgan fingerprint density at radius 1 is 1.27 bits per heavy atom. The minimum Gasteiger partial charge on any atom is -0.474 e. The van der Waals surface area contributed by atoms with E-state index in [0.717, 1.165) is 0 Å². The van der Waals surface area contributed by atoms with E-state index in [2.05, 4.69) is 0 Å². The lowest BCUT2D eigenvalue weighted by atomic mass is 10.2. The van der Waals surface area contributed by atoms with Gasteiger partial charge in [0.2, 0.25) is 0 Å². The Bertz CT molecular complexity index is 279. The molecular formula is C9H15NO5. The highest BCUT2D eigenvalue weighted by Crippen LogP contribution is 2.09. The smallest absolute Gasteiger partial charge is 0.417 e. The van der Waals surface area contributed by atoms with E-state index in [1.807, 2.05) is 0 Å². The second kappa shape index (κ2) is 4.77. The third-order valence-corrected chi connectivity index (χ3v) is 1.36. The van der Waals surface area contributed by atoms with Crippen molar-refractivity contribution in [1.82, 2.24) is 4.90 Å². The van der Waals surface area contributed by atoms with E-state index < -0.39 is 23.6 Å². The summed E-state index contributed by atoms with van der Waals surface area (Å²) >= 11 is 0. The van der Waals surface area contributed by atoms with Gasteiger partial charge in [0.25, 0.3) is 0 Å².